The lowest BCUT2D eigenvalue weighted by atomic mass is 9.78. The minimum absolute atomic E-state index is 0.139. The molecule has 1 aromatic rings. The van der Waals surface area contributed by atoms with Gasteiger partial charge in [-0.05, 0) is 65.1 Å². The molecule has 106 valence electrons. The minimum Gasteiger partial charge on any atom is -0.375 e. The van der Waals surface area contributed by atoms with Crippen LogP contribution in [-0.2, 0) is 4.74 Å². The molecule has 2 atom stereocenters. The Morgan fingerprint density at radius 3 is 2.89 bits per heavy atom. The number of hydrogen-bond acceptors (Lipinski definition) is 4. The summed E-state index contributed by atoms with van der Waals surface area (Å²) in [6, 6.07) is 2.35. The van der Waals surface area contributed by atoms with Crippen molar-refractivity contribution in [2.75, 3.05) is 18.1 Å². The molecule has 3 heterocycles. The van der Waals surface area contributed by atoms with Crippen LogP contribution in [-0.4, -0.2) is 23.7 Å². The summed E-state index contributed by atoms with van der Waals surface area (Å²) in [7, 11) is 0. The third-order valence-electron chi connectivity index (χ3n) is 4.36. The van der Waals surface area contributed by atoms with Crippen LogP contribution in [0.3, 0.4) is 0 Å². The van der Waals surface area contributed by atoms with E-state index in [2.05, 4.69) is 39.1 Å². The fourth-order valence-corrected chi connectivity index (χ4v) is 5.98. The van der Waals surface area contributed by atoms with Crippen molar-refractivity contribution in [3.63, 3.8) is 0 Å². The SMILES string of the molecule is NC(c1cc(Br)cs1)C1CCOC2(CCSCC2)C1. The first-order chi connectivity index (χ1) is 9.19. The van der Waals surface area contributed by atoms with Gasteiger partial charge in [-0.25, -0.2) is 0 Å². The summed E-state index contributed by atoms with van der Waals surface area (Å²) in [4.78, 5) is 1.30. The topological polar surface area (TPSA) is 35.2 Å². The van der Waals surface area contributed by atoms with Crippen molar-refractivity contribution in [2.24, 2.45) is 11.7 Å². The van der Waals surface area contributed by atoms with Gasteiger partial charge in [-0.2, -0.15) is 11.8 Å². The maximum absolute atomic E-state index is 6.50. The smallest absolute Gasteiger partial charge is 0.0701 e. The summed E-state index contributed by atoms with van der Waals surface area (Å²) in [6.45, 7) is 0.885. The zero-order chi connectivity index (χ0) is 13.3. The first kappa shape index (κ1) is 14.4. The van der Waals surface area contributed by atoms with Crippen molar-refractivity contribution in [1.29, 1.82) is 0 Å². The highest BCUT2D eigenvalue weighted by Gasteiger charge is 2.40. The number of thioether (sulfide) groups is 1. The molecule has 2 aliphatic rings. The van der Waals surface area contributed by atoms with Gasteiger partial charge in [0, 0.05) is 27.4 Å². The average Bonchev–Trinajstić information content (AvgIpc) is 2.85. The van der Waals surface area contributed by atoms with Gasteiger partial charge in [0.05, 0.1) is 5.60 Å². The summed E-state index contributed by atoms with van der Waals surface area (Å²) < 4.78 is 7.30. The molecule has 0 aromatic carbocycles. The molecule has 2 unspecified atom stereocenters. The summed E-state index contributed by atoms with van der Waals surface area (Å²) in [5.41, 5.74) is 6.64. The molecule has 19 heavy (non-hydrogen) atoms. The highest BCUT2D eigenvalue weighted by atomic mass is 79.9. The van der Waals surface area contributed by atoms with Gasteiger partial charge in [-0.3, -0.25) is 0 Å². The molecule has 2 aliphatic heterocycles. The van der Waals surface area contributed by atoms with Crippen molar-refractivity contribution in [3.05, 3.63) is 20.8 Å². The molecule has 1 spiro atoms. The first-order valence-electron chi connectivity index (χ1n) is 6.90. The zero-order valence-corrected chi connectivity index (χ0v) is 14.2. The Balaban J connectivity index is 1.70. The maximum Gasteiger partial charge on any atom is 0.0701 e. The molecule has 0 amide bonds. The van der Waals surface area contributed by atoms with Crippen LogP contribution in [0.2, 0.25) is 0 Å². The first-order valence-corrected chi connectivity index (χ1v) is 9.72. The van der Waals surface area contributed by atoms with Gasteiger partial charge in [0.25, 0.3) is 0 Å². The quantitative estimate of drug-likeness (QED) is 0.856. The zero-order valence-electron chi connectivity index (χ0n) is 10.9. The number of hydrogen-bond donors (Lipinski definition) is 1. The molecule has 0 radical (unpaired) electrons. The van der Waals surface area contributed by atoms with E-state index in [1.165, 1.54) is 29.2 Å². The van der Waals surface area contributed by atoms with E-state index in [4.69, 9.17) is 10.5 Å². The van der Waals surface area contributed by atoms with E-state index in [0.717, 1.165) is 23.9 Å². The van der Waals surface area contributed by atoms with Gasteiger partial charge in [0.1, 0.15) is 0 Å². The lowest BCUT2D eigenvalue weighted by molar-refractivity contribution is -0.105. The Morgan fingerprint density at radius 1 is 1.42 bits per heavy atom. The molecule has 3 rings (SSSR count). The van der Waals surface area contributed by atoms with E-state index in [9.17, 15) is 0 Å². The van der Waals surface area contributed by atoms with E-state index in [0.29, 0.717) is 5.92 Å². The summed E-state index contributed by atoms with van der Waals surface area (Å²) in [5, 5.41) is 2.13. The van der Waals surface area contributed by atoms with Gasteiger partial charge in [-0.1, -0.05) is 0 Å². The van der Waals surface area contributed by atoms with Crippen LogP contribution in [0.15, 0.2) is 15.9 Å². The third kappa shape index (κ3) is 3.21. The van der Waals surface area contributed by atoms with Crippen molar-refractivity contribution < 1.29 is 4.74 Å². The van der Waals surface area contributed by atoms with Crippen LogP contribution in [0.4, 0.5) is 0 Å². The normalized spacial score (nSPS) is 28.4. The van der Waals surface area contributed by atoms with Crippen LogP contribution in [0.1, 0.15) is 36.6 Å². The van der Waals surface area contributed by atoms with E-state index in [1.54, 1.807) is 11.3 Å². The Hall–Kier alpha value is 0.450. The van der Waals surface area contributed by atoms with Gasteiger partial charge >= 0.3 is 0 Å². The van der Waals surface area contributed by atoms with Crippen molar-refractivity contribution in [3.8, 4) is 0 Å². The number of ether oxygens (including phenoxy) is 1. The standard InChI is InChI=1S/C14H20BrNOS2/c15-11-7-12(19-9-11)13(16)10-1-4-17-14(8-10)2-5-18-6-3-14/h7,9-10,13H,1-6,8,16H2. The number of thiophene rings is 1. The molecule has 2 N–H and O–H groups in total. The number of nitrogens with two attached hydrogens (primary N) is 1. The molecule has 0 aliphatic carbocycles. The molecule has 2 saturated heterocycles. The maximum atomic E-state index is 6.50. The Labute approximate surface area is 131 Å². The van der Waals surface area contributed by atoms with E-state index in [-0.39, 0.29) is 11.6 Å². The van der Waals surface area contributed by atoms with E-state index < -0.39 is 0 Å². The lowest BCUT2D eigenvalue weighted by Gasteiger charge is -2.44. The second-order valence-corrected chi connectivity index (χ2v) is 8.67. The summed E-state index contributed by atoms with van der Waals surface area (Å²) in [5.74, 6) is 3.06. The van der Waals surface area contributed by atoms with Gasteiger partial charge in [0.15, 0.2) is 0 Å². The molecular weight excluding hydrogens is 342 g/mol. The predicted molar refractivity (Wildman–Crippen MR) is 86.9 cm³/mol. The number of halogens is 1. The second kappa shape index (κ2) is 6.06. The second-order valence-electron chi connectivity index (χ2n) is 5.59. The van der Waals surface area contributed by atoms with Crippen LogP contribution in [0, 0.1) is 5.92 Å². The highest BCUT2D eigenvalue weighted by molar-refractivity contribution is 9.10. The highest BCUT2D eigenvalue weighted by Crippen LogP contribution is 2.43. The van der Waals surface area contributed by atoms with Gasteiger partial charge < -0.3 is 10.5 Å². The molecule has 2 fully saturated rings. The lowest BCUT2D eigenvalue weighted by Crippen LogP contribution is -2.45. The van der Waals surface area contributed by atoms with Gasteiger partial charge in [0.2, 0.25) is 0 Å². The van der Waals surface area contributed by atoms with Crippen LogP contribution in [0.25, 0.3) is 0 Å². The average molecular weight is 362 g/mol. The summed E-state index contributed by atoms with van der Waals surface area (Å²) in [6.07, 6.45) is 4.65. The van der Waals surface area contributed by atoms with Gasteiger partial charge in [-0.15, -0.1) is 11.3 Å². The van der Waals surface area contributed by atoms with Crippen molar-refractivity contribution >= 4 is 39.0 Å². The third-order valence-corrected chi connectivity index (χ3v) is 7.14. The van der Waals surface area contributed by atoms with Crippen molar-refractivity contribution in [2.45, 2.75) is 37.3 Å². The van der Waals surface area contributed by atoms with Crippen LogP contribution in [0.5, 0.6) is 0 Å². The Kier molecular flexibility index (Phi) is 4.59. The molecule has 0 bridgehead atoms. The Bertz CT molecular complexity index is 425. The van der Waals surface area contributed by atoms with Crippen molar-refractivity contribution in [1.82, 2.24) is 0 Å². The largest absolute Gasteiger partial charge is 0.375 e. The molecule has 0 saturated carbocycles. The molecule has 2 nitrogen and oxygen atoms in total. The molecule has 5 heteroatoms. The fourth-order valence-electron chi connectivity index (χ4n) is 3.20. The van der Waals surface area contributed by atoms with Crippen LogP contribution >= 0.6 is 39.0 Å². The fraction of sp³-hybridized carbons (Fsp3) is 0.714. The molecule has 1 aromatic heterocycles. The van der Waals surface area contributed by atoms with E-state index in [1.807, 2.05) is 0 Å². The van der Waals surface area contributed by atoms with E-state index >= 15 is 0 Å². The summed E-state index contributed by atoms with van der Waals surface area (Å²) >= 11 is 7.35. The Morgan fingerprint density at radius 2 is 2.21 bits per heavy atom. The number of rotatable bonds is 2. The molecular formula is C14H20BrNOS2. The monoisotopic (exact) mass is 361 g/mol. The van der Waals surface area contributed by atoms with Crippen LogP contribution < -0.4 is 5.73 Å². The minimum atomic E-state index is 0.139. The predicted octanol–water partition coefficient (Wildman–Crippen LogP) is 4.20.